The molecular formula is C36H56O12. The van der Waals surface area contributed by atoms with Crippen molar-refractivity contribution in [3.05, 3.63) is 11.6 Å². The first-order valence-corrected chi connectivity index (χ1v) is 17.9. The zero-order chi connectivity index (χ0) is 35.0. The van der Waals surface area contributed by atoms with Crippen molar-refractivity contribution in [2.75, 3.05) is 19.8 Å². The van der Waals surface area contributed by atoms with E-state index in [4.69, 9.17) is 14.2 Å². The molecule has 0 aromatic heterocycles. The maximum atomic E-state index is 14.1. The number of aliphatic hydroxyl groups is 8. The fourth-order valence-electron chi connectivity index (χ4n) is 12.9. The molecule has 1 spiro atoms. The normalized spacial score (nSPS) is 59.0. The topological polar surface area (TPSA) is 207 Å². The van der Waals surface area contributed by atoms with Gasteiger partial charge in [0.25, 0.3) is 0 Å². The van der Waals surface area contributed by atoms with Crippen molar-refractivity contribution < 1.29 is 59.9 Å². The van der Waals surface area contributed by atoms with Gasteiger partial charge in [-0.05, 0) is 86.4 Å². The van der Waals surface area contributed by atoms with Gasteiger partial charge < -0.3 is 55.1 Å². The molecule has 48 heavy (non-hydrogen) atoms. The molecule has 4 saturated carbocycles. The van der Waals surface area contributed by atoms with Crippen LogP contribution in [0.1, 0.15) is 86.0 Å². The molecule has 8 rings (SSSR count). The monoisotopic (exact) mass is 680 g/mol. The molecule has 0 aromatic carbocycles. The summed E-state index contributed by atoms with van der Waals surface area (Å²) in [5.74, 6) is -0.814. The minimum Gasteiger partial charge on any atom is -0.453 e. The molecule has 3 aliphatic heterocycles. The average Bonchev–Trinajstić information content (AvgIpc) is 3.03. The van der Waals surface area contributed by atoms with Crippen LogP contribution >= 0.6 is 0 Å². The van der Waals surface area contributed by atoms with Gasteiger partial charge in [0.15, 0.2) is 11.9 Å². The van der Waals surface area contributed by atoms with Gasteiger partial charge in [0.05, 0.1) is 37.4 Å². The summed E-state index contributed by atoms with van der Waals surface area (Å²) in [7, 11) is 0. The lowest BCUT2D eigenvalue weighted by Gasteiger charge is -2.73. The minimum absolute atomic E-state index is 0.00609. The molecule has 7 fully saturated rings. The molecule has 0 amide bonds. The molecule has 3 heterocycles. The SMILES string of the molecule is C[C@]12C[C@@H](O)[C@@H](O)[C@](C)(CO)[C@@H]1CC[C@]1(C)[C@@H]2CC=C2[C@H]3[C@]4(CC[C@](CO[C@@H]5O[C@H](CO)[C@@H](O)[C@H](O)[C@H]5O)(OC4=O)[C@@]3(C)O)CC[C@]21C. The molecule has 17 atom stereocenters. The van der Waals surface area contributed by atoms with Crippen LogP contribution in [-0.4, -0.2) is 121 Å². The van der Waals surface area contributed by atoms with Gasteiger partial charge in [-0.2, -0.15) is 0 Å². The first kappa shape index (κ1) is 35.2. The Bertz CT molecular complexity index is 1350. The van der Waals surface area contributed by atoms with Crippen LogP contribution in [0.2, 0.25) is 0 Å². The van der Waals surface area contributed by atoms with E-state index < -0.39 is 82.9 Å². The summed E-state index contributed by atoms with van der Waals surface area (Å²) in [5.41, 5.74) is -4.79. The first-order valence-electron chi connectivity index (χ1n) is 17.9. The molecule has 272 valence electrons. The Morgan fingerprint density at radius 3 is 2.23 bits per heavy atom. The van der Waals surface area contributed by atoms with Crippen molar-refractivity contribution in [3.63, 3.8) is 0 Å². The number of esters is 1. The largest absolute Gasteiger partial charge is 0.453 e. The minimum atomic E-state index is -1.63. The number of ether oxygens (including phenoxy) is 3. The van der Waals surface area contributed by atoms with Crippen LogP contribution in [0, 0.1) is 44.8 Å². The molecule has 0 radical (unpaired) electrons. The summed E-state index contributed by atoms with van der Waals surface area (Å²) in [6, 6.07) is 0. The smallest absolute Gasteiger partial charge is 0.313 e. The van der Waals surface area contributed by atoms with Crippen LogP contribution < -0.4 is 0 Å². The van der Waals surface area contributed by atoms with Gasteiger partial charge in [0.1, 0.15) is 30.0 Å². The highest BCUT2D eigenvalue weighted by Gasteiger charge is 2.78. The van der Waals surface area contributed by atoms with Crippen LogP contribution in [0.4, 0.5) is 0 Å². The number of carbonyl (C=O) groups is 1. The van der Waals surface area contributed by atoms with Gasteiger partial charge in [0, 0.05) is 11.3 Å². The first-order chi connectivity index (χ1) is 22.3. The molecule has 2 bridgehead atoms. The number of rotatable bonds is 5. The highest BCUT2D eigenvalue weighted by Crippen LogP contribution is 2.77. The predicted octanol–water partition coefficient (Wildman–Crippen LogP) is 0.539. The Labute approximate surface area is 282 Å². The second-order valence-electron chi connectivity index (χ2n) is 17.8. The van der Waals surface area contributed by atoms with Gasteiger partial charge in [-0.25, -0.2) is 0 Å². The summed E-state index contributed by atoms with van der Waals surface area (Å²) in [5, 5.41) is 86.3. The lowest BCUT2D eigenvalue weighted by molar-refractivity contribution is -0.339. The van der Waals surface area contributed by atoms with Crippen LogP contribution in [0.5, 0.6) is 0 Å². The fraction of sp³-hybridized carbons (Fsp3) is 0.917. The average molecular weight is 681 g/mol. The summed E-state index contributed by atoms with van der Waals surface area (Å²) in [6.45, 7) is 9.26. The zero-order valence-corrected chi connectivity index (χ0v) is 28.8. The second-order valence-corrected chi connectivity index (χ2v) is 17.8. The lowest BCUT2D eigenvalue weighted by atomic mass is 9.32. The van der Waals surface area contributed by atoms with E-state index in [1.54, 1.807) is 6.92 Å². The summed E-state index contributed by atoms with van der Waals surface area (Å²) in [4.78, 5) is 14.1. The molecule has 0 unspecified atom stereocenters. The Morgan fingerprint density at radius 2 is 1.58 bits per heavy atom. The molecule has 5 aliphatic carbocycles. The summed E-state index contributed by atoms with van der Waals surface area (Å²) >= 11 is 0. The van der Waals surface area contributed by atoms with Gasteiger partial charge >= 0.3 is 5.97 Å². The molecule has 3 saturated heterocycles. The maximum absolute atomic E-state index is 14.1. The van der Waals surface area contributed by atoms with Crippen LogP contribution in [-0.2, 0) is 19.0 Å². The third kappa shape index (κ3) is 4.10. The molecular weight excluding hydrogens is 624 g/mol. The van der Waals surface area contributed by atoms with Crippen molar-refractivity contribution in [1.29, 1.82) is 0 Å². The van der Waals surface area contributed by atoms with E-state index in [1.807, 2.05) is 6.92 Å². The van der Waals surface area contributed by atoms with E-state index in [-0.39, 0.29) is 41.8 Å². The lowest BCUT2D eigenvalue weighted by Crippen LogP contribution is -2.78. The van der Waals surface area contributed by atoms with Crippen molar-refractivity contribution in [3.8, 4) is 0 Å². The zero-order valence-electron chi connectivity index (χ0n) is 28.8. The molecule has 12 heteroatoms. The predicted molar refractivity (Wildman–Crippen MR) is 169 cm³/mol. The second kappa shape index (κ2) is 10.9. The van der Waals surface area contributed by atoms with E-state index in [2.05, 4.69) is 26.8 Å². The Balaban J connectivity index is 1.24. The standard InChI is InChI=1S/C36H56O12/c1-30-14-19(39)27(43)31(2,16-38)21(30)8-9-33(4)22(30)7-6-18-26-34(5,45)36(13-12-35(26,29(44)48-36)11-10-32(18,33)3)17-46-28-25(42)24(41)23(40)20(15-37)47-28/h6,19-28,37-43,45H,7-17H2,1-5H3/t19-,20-,21-,22-,23-,24+,25-,26-,27-,28-,30+,31-,32-,33-,34+,35-,36-/m1/s1. The van der Waals surface area contributed by atoms with Gasteiger partial charge in [-0.15, -0.1) is 0 Å². The van der Waals surface area contributed by atoms with Gasteiger partial charge in [-0.1, -0.05) is 39.3 Å². The third-order valence-electron chi connectivity index (χ3n) is 16.0. The number of hydrogen-bond acceptors (Lipinski definition) is 12. The highest BCUT2D eigenvalue weighted by molar-refractivity contribution is 5.82. The number of hydrogen-bond donors (Lipinski definition) is 8. The molecule has 8 N–H and O–H groups in total. The highest BCUT2D eigenvalue weighted by atomic mass is 16.7. The van der Waals surface area contributed by atoms with Crippen molar-refractivity contribution in [2.45, 2.75) is 140 Å². The Kier molecular flexibility index (Phi) is 8.01. The maximum Gasteiger partial charge on any atom is 0.313 e. The van der Waals surface area contributed by atoms with E-state index >= 15 is 0 Å². The van der Waals surface area contributed by atoms with E-state index in [1.165, 1.54) is 0 Å². The Morgan fingerprint density at radius 1 is 0.896 bits per heavy atom. The Hall–Kier alpha value is -1.19. The van der Waals surface area contributed by atoms with E-state index in [0.29, 0.717) is 32.1 Å². The van der Waals surface area contributed by atoms with Crippen LogP contribution in [0.25, 0.3) is 0 Å². The number of carbonyl (C=O) groups excluding carboxylic acids is 1. The van der Waals surface area contributed by atoms with Crippen molar-refractivity contribution in [1.82, 2.24) is 0 Å². The number of aliphatic hydroxyl groups excluding tert-OH is 7. The summed E-state index contributed by atoms with van der Waals surface area (Å²) in [6.07, 6.45) is -2.35. The molecule has 12 nitrogen and oxygen atoms in total. The van der Waals surface area contributed by atoms with E-state index in [0.717, 1.165) is 24.8 Å². The van der Waals surface area contributed by atoms with Crippen molar-refractivity contribution in [2.24, 2.45) is 44.8 Å². The van der Waals surface area contributed by atoms with Crippen molar-refractivity contribution >= 4 is 5.97 Å². The molecule has 0 aromatic rings. The van der Waals surface area contributed by atoms with Gasteiger partial charge in [0.2, 0.25) is 0 Å². The quantitative estimate of drug-likeness (QED) is 0.148. The number of allylic oxidation sites excluding steroid dienone is 1. The fourth-order valence-corrected chi connectivity index (χ4v) is 12.9. The van der Waals surface area contributed by atoms with E-state index in [9.17, 15) is 45.6 Å². The van der Waals surface area contributed by atoms with Crippen LogP contribution in [0.3, 0.4) is 0 Å². The molecule has 8 aliphatic rings. The number of fused-ring (bicyclic) bond motifs is 7. The third-order valence-corrected chi connectivity index (χ3v) is 16.0. The summed E-state index contributed by atoms with van der Waals surface area (Å²) < 4.78 is 17.7. The van der Waals surface area contributed by atoms with Crippen LogP contribution in [0.15, 0.2) is 11.6 Å². The van der Waals surface area contributed by atoms with Gasteiger partial charge in [-0.3, -0.25) is 4.79 Å².